The molecule has 4 aliphatic rings. The van der Waals surface area contributed by atoms with Crippen LogP contribution in [0.25, 0.3) is 0 Å². The van der Waals surface area contributed by atoms with Crippen LogP contribution in [0.5, 0.6) is 0 Å². The number of ether oxygens (including phenoxy) is 1. The number of carbonyl (C=O) groups excluding carboxylic acids is 1. The standard InChI is InChI=1S/C15H18N2O2S/c18-14-15(4-5-15)16-13(9-3-6-20-8-9)17(14)11-7-10-1-2-12(11)19-10/h3,6,8,10-13,16H,1-2,4-5,7H2. The van der Waals surface area contributed by atoms with Gasteiger partial charge in [0.1, 0.15) is 11.7 Å². The van der Waals surface area contributed by atoms with E-state index in [0.29, 0.717) is 12.0 Å². The molecule has 1 saturated carbocycles. The second-order valence-corrected chi connectivity index (χ2v) is 7.36. The molecule has 1 amide bonds. The van der Waals surface area contributed by atoms with Crippen LogP contribution < -0.4 is 5.32 Å². The van der Waals surface area contributed by atoms with Crippen molar-refractivity contribution in [3.8, 4) is 0 Å². The summed E-state index contributed by atoms with van der Waals surface area (Å²) in [4.78, 5) is 15.0. The second-order valence-electron chi connectivity index (χ2n) is 6.58. The number of hydrogen-bond donors (Lipinski definition) is 1. The first-order chi connectivity index (χ1) is 9.77. The normalized spacial score (nSPS) is 41.0. The molecule has 4 atom stereocenters. The molecule has 3 saturated heterocycles. The van der Waals surface area contributed by atoms with E-state index in [-0.39, 0.29) is 23.9 Å². The van der Waals surface area contributed by atoms with Crippen molar-refractivity contribution in [3.63, 3.8) is 0 Å². The van der Waals surface area contributed by atoms with Gasteiger partial charge in [-0.05, 0) is 54.5 Å². The summed E-state index contributed by atoms with van der Waals surface area (Å²) in [5.74, 6) is 0.315. The van der Waals surface area contributed by atoms with Gasteiger partial charge in [-0.1, -0.05) is 0 Å². The summed E-state index contributed by atoms with van der Waals surface area (Å²) in [5, 5.41) is 7.86. The quantitative estimate of drug-likeness (QED) is 0.906. The molecule has 5 rings (SSSR count). The molecule has 4 fully saturated rings. The number of amides is 1. The third-order valence-corrected chi connectivity index (χ3v) is 6.08. The fourth-order valence-electron chi connectivity index (χ4n) is 4.16. The molecule has 1 aromatic rings. The molecule has 20 heavy (non-hydrogen) atoms. The maximum atomic E-state index is 12.9. The van der Waals surface area contributed by atoms with Crippen LogP contribution in [0.1, 0.15) is 43.8 Å². The lowest BCUT2D eigenvalue weighted by Gasteiger charge is -2.33. The summed E-state index contributed by atoms with van der Waals surface area (Å²) >= 11 is 1.70. The van der Waals surface area contributed by atoms with Crippen LogP contribution in [-0.2, 0) is 9.53 Å². The van der Waals surface area contributed by atoms with E-state index >= 15 is 0 Å². The highest BCUT2D eigenvalue weighted by Crippen LogP contribution is 2.50. The maximum absolute atomic E-state index is 12.9. The molecule has 2 bridgehead atoms. The van der Waals surface area contributed by atoms with Crippen molar-refractivity contribution in [1.82, 2.24) is 10.2 Å². The Morgan fingerprint density at radius 1 is 1.40 bits per heavy atom. The highest BCUT2D eigenvalue weighted by atomic mass is 32.1. The van der Waals surface area contributed by atoms with E-state index in [1.807, 2.05) is 0 Å². The van der Waals surface area contributed by atoms with Gasteiger partial charge in [-0.3, -0.25) is 10.1 Å². The minimum absolute atomic E-state index is 0.0594. The van der Waals surface area contributed by atoms with Crippen molar-refractivity contribution in [2.24, 2.45) is 0 Å². The number of hydrogen-bond acceptors (Lipinski definition) is 4. The molecule has 1 N–H and O–H groups in total. The first kappa shape index (κ1) is 11.7. The van der Waals surface area contributed by atoms with Gasteiger partial charge < -0.3 is 9.64 Å². The van der Waals surface area contributed by atoms with Gasteiger partial charge in [-0.2, -0.15) is 11.3 Å². The van der Waals surface area contributed by atoms with E-state index < -0.39 is 0 Å². The lowest BCUT2D eigenvalue weighted by atomic mass is 9.93. The van der Waals surface area contributed by atoms with E-state index in [1.165, 1.54) is 12.0 Å². The van der Waals surface area contributed by atoms with Gasteiger partial charge in [0.05, 0.1) is 18.2 Å². The predicted octanol–water partition coefficient (Wildman–Crippen LogP) is 2.03. The van der Waals surface area contributed by atoms with Crippen LogP contribution in [0.2, 0.25) is 0 Å². The first-order valence-corrected chi connectivity index (χ1v) is 8.49. The van der Waals surface area contributed by atoms with Crippen LogP contribution in [0, 0.1) is 0 Å². The van der Waals surface area contributed by atoms with Crippen molar-refractivity contribution < 1.29 is 9.53 Å². The Morgan fingerprint density at radius 3 is 2.90 bits per heavy atom. The van der Waals surface area contributed by atoms with Crippen molar-refractivity contribution in [1.29, 1.82) is 0 Å². The average molecular weight is 290 g/mol. The van der Waals surface area contributed by atoms with Crippen LogP contribution in [0.3, 0.4) is 0 Å². The van der Waals surface area contributed by atoms with E-state index in [9.17, 15) is 4.79 Å². The van der Waals surface area contributed by atoms with Gasteiger partial charge in [-0.25, -0.2) is 0 Å². The molecule has 106 valence electrons. The molecule has 1 aliphatic carbocycles. The minimum atomic E-state index is -0.242. The van der Waals surface area contributed by atoms with E-state index in [1.54, 1.807) is 11.3 Å². The van der Waals surface area contributed by atoms with Gasteiger partial charge >= 0.3 is 0 Å². The maximum Gasteiger partial charge on any atom is 0.244 e. The smallest absolute Gasteiger partial charge is 0.244 e. The molecule has 1 aromatic heterocycles. The van der Waals surface area contributed by atoms with Crippen molar-refractivity contribution in [2.45, 2.75) is 62.1 Å². The Labute approximate surface area is 122 Å². The van der Waals surface area contributed by atoms with Gasteiger partial charge in [-0.15, -0.1) is 0 Å². The zero-order valence-corrected chi connectivity index (χ0v) is 12.1. The Morgan fingerprint density at radius 2 is 2.30 bits per heavy atom. The Hall–Kier alpha value is -0.910. The van der Waals surface area contributed by atoms with Crippen LogP contribution in [-0.4, -0.2) is 34.6 Å². The highest BCUT2D eigenvalue weighted by Gasteiger charge is 2.62. The topological polar surface area (TPSA) is 41.6 Å². The minimum Gasteiger partial charge on any atom is -0.373 e. The average Bonchev–Trinajstić information content (AvgIpc) is 2.91. The number of thiophene rings is 1. The summed E-state index contributed by atoms with van der Waals surface area (Å²) in [6, 6.07) is 2.41. The molecule has 4 unspecified atom stereocenters. The Balaban J connectivity index is 1.52. The third kappa shape index (κ3) is 1.46. The largest absolute Gasteiger partial charge is 0.373 e. The molecule has 0 aromatic carbocycles. The predicted molar refractivity (Wildman–Crippen MR) is 75.3 cm³/mol. The first-order valence-electron chi connectivity index (χ1n) is 7.55. The summed E-state index contributed by atoms with van der Waals surface area (Å²) in [6.45, 7) is 0. The highest BCUT2D eigenvalue weighted by molar-refractivity contribution is 7.08. The van der Waals surface area contributed by atoms with Crippen LogP contribution >= 0.6 is 11.3 Å². The fourth-order valence-corrected chi connectivity index (χ4v) is 4.84. The van der Waals surface area contributed by atoms with Crippen LogP contribution in [0.15, 0.2) is 16.8 Å². The Bertz CT molecular complexity index is 554. The van der Waals surface area contributed by atoms with E-state index in [2.05, 4.69) is 27.0 Å². The number of carbonyl (C=O) groups is 1. The zero-order valence-electron chi connectivity index (χ0n) is 11.2. The molecule has 3 aliphatic heterocycles. The van der Waals surface area contributed by atoms with Gasteiger partial charge in [0.25, 0.3) is 0 Å². The molecule has 0 radical (unpaired) electrons. The molecular weight excluding hydrogens is 272 g/mol. The van der Waals surface area contributed by atoms with Crippen LogP contribution in [0.4, 0.5) is 0 Å². The summed E-state index contributed by atoms with van der Waals surface area (Å²) in [7, 11) is 0. The second kappa shape index (κ2) is 3.84. The zero-order chi connectivity index (χ0) is 13.3. The van der Waals surface area contributed by atoms with E-state index in [0.717, 1.165) is 25.7 Å². The fraction of sp³-hybridized carbons (Fsp3) is 0.667. The number of rotatable bonds is 2. The summed E-state index contributed by atoms with van der Waals surface area (Å²) < 4.78 is 5.98. The van der Waals surface area contributed by atoms with Gasteiger partial charge in [0.15, 0.2) is 0 Å². The monoisotopic (exact) mass is 290 g/mol. The summed E-state index contributed by atoms with van der Waals surface area (Å²) in [6.07, 6.45) is 6.00. The molecule has 1 spiro atoms. The van der Waals surface area contributed by atoms with Crippen molar-refractivity contribution in [3.05, 3.63) is 22.4 Å². The van der Waals surface area contributed by atoms with Crippen molar-refractivity contribution in [2.75, 3.05) is 0 Å². The number of fused-ring (bicyclic) bond motifs is 2. The van der Waals surface area contributed by atoms with Crippen molar-refractivity contribution >= 4 is 17.2 Å². The van der Waals surface area contributed by atoms with Gasteiger partial charge in [0.2, 0.25) is 5.91 Å². The molecular formula is C15H18N2O2S. The number of nitrogens with one attached hydrogen (secondary N) is 1. The lowest BCUT2D eigenvalue weighted by Crippen LogP contribution is -2.45. The lowest BCUT2D eigenvalue weighted by molar-refractivity contribution is -0.134. The summed E-state index contributed by atoms with van der Waals surface area (Å²) in [5.41, 5.74) is 0.990. The third-order valence-electron chi connectivity index (χ3n) is 5.38. The van der Waals surface area contributed by atoms with Gasteiger partial charge in [0, 0.05) is 0 Å². The molecule has 4 nitrogen and oxygen atoms in total. The number of nitrogens with zero attached hydrogens (tertiary/aromatic N) is 1. The molecule has 4 heterocycles. The van der Waals surface area contributed by atoms with E-state index in [4.69, 9.17) is 4.74 Å². The SMILES string of the molecule is O=C1N(C2CC3CCC2O3)C(c2ccsc2)NC12CC2. The Kier molecular flexibility index (Phi) is 2.25. The molecule has 5 heteroatoms.